The minimum Gasteiger partial charge on any atom is -0.435 e. The summed E-state index contributed by atoms with van der Waals surface area (Å²) < 4.78 is 29.2. The van der Waals surface area contributed by atoms with Gasteiger partial charge in [-0.2, -0.15) is 14.0 Å². The van der Waals surface area contributed by atoms with Crippen molar-refractivity contribution in [2.45, 2.75) is 13.5 Å². The van der Waals surface area contributed by atoms with Gasteiger partial charge in [-0.3, -0.25) is 9.69 Å². The average molecular weight is 382 g/mol. The molecule has 23 heavy (non-hydrogen) atoms. The molecule has 0 aliphatic carbocycles. The number of pyridine rings is 1. The lowest BCUT2D eigenvalue weighted by Crippen LogP contribution is -2.24. The van der Waals surface area contributed by atoms with E-state index in [9.17, 15) is 13.6 Å². The number of alkyl halides is 2. The van der Waals surface area contributed by atoms with Crippen molar-refractivity contribution in [1.29, 1.82) is 5.26 Å². The third kappa shape index (κ3) is 4.02. The first-order valence-electron chi connectivity index (χ1n) is 6.33. The van der Waals surface area contributed by atoms with Crippen LogP contribution in [0.4, 0.5) is 20.2 Å². The van der Waals surface area contributed by atoms with Gasteiger partial charge in [0.1, 0.15) is 11.8 Å². The van der Waals surface area contributed by atoms with Crippen molar-refractivity contribution in [2.75, 3.05) is 4.90 Å². The maximum Gasteiger partial charge on any atom is 0.387 e. The summed E-state index contributed by atoms with van der Waals surface area (Å²) in [5.41, 5.74) is 0.753. The van der Waals surface area contributed by atoms with Crippen LogP contribution in [0.5, 0.6) is 5.75 Å². The van der Waals surface area contributed by atoms with Crippen LogP contribution in [-0.2, 0) is 4.79 Å². The zero-order valence-electron chi connectivity index (χ0n) is 11.8. The highest BCUT2D eigenvalue weighted by atomic mass is 79.9. The molecule has 0 fully saturated rings. The highest BCUT2D eigenvalue weighted by molar-refractivity contribution is 9.10. The Hall–Kier alpha value is -2.53. The van der Waals surface area contributed by atoms with Crippen LogP contribution in [0, 0.1) is 11.3 Å². The van der Waals surface area contributed by atoms with Crippen molar-refractivity contribution in [3.05, 3.63) is 46.7 Å². The first kappa shape index (κ1) is 16.8. The molecule has 0 aliphatic rings. The van der Waals surface area contributed by atoms with Gasteiger partial charge in [-0.25, -0.2) is 4.98 Å². The second-order valence-corrected chi connectivity index (χ2v) is 5.28. The number of anilines is 2. The fourth-order valence-corrected chi connectivity index (χ4v) is 2.27. The lowest BCUT2D eigenvalue weighted by molar-refractivity contribution is -0.115. The van der Waals surface area contributed by atoms with Gasteiger partial charge in [0.2, 0.25) is 5.91 Å². The largest absolute Gasteiger partial charge is 0.435 e. The summed E-state index contributed by atoms with van der Waals surface area (Å²) in [6.45, 7) is -1.60. The summed E-state index contributed by atoms with van der Waals surface area (Å²) >= 11 is 3.24. The number of amides is 1. The number of nitriles is 1. The smallest absolute Gasteiger partial charge is 0.387 e. The molecule has 0 spiro atoms. The van der Waals surface area contributed by atoms with E-state index >= 15 is 0 Å². The van der Waals surface area contributed by atoms with Crippen LogP contribution < -0.4 is 9.64 Å². The molecular weight excluding hydrogens is 372 g/mol. The van der Waals surface area contributed by atoms with Crippen molar-refractivity contribution in [3.8, 4) is 11.8 Å². The van der Waals surface area contributed by atoms with E-state index < -0.39 is 6.61 Å². The molecule has 0 radical (unpaired) electrons. The van der Waals surface area contributed by atoms with E-state index in [0.29, 0.717) is 10.2 Å². The van der Waals surface area contributed by atoms with Gasteiger partial charge >= 0.3 is 6.61 Å². The minimum absolute atomic E-state index is 0.0277. The molecule has 0 aliphatic heterocycles. The van der Waals surface area contributed by atoms with Crippen molar-refractivity contribution < 1.29 is 18.3 Å². The maximum absolute atomic E-state index is 12.2. The standard InChI is InChI=1S/C15H10BrF2N3O2/c1-9(22)21(14-6-10(16)8-20-13(14)7-19)11-2-4-12(5-3-11)23-15(17)18/h2-6,8,15H,1H3. The van der Waals surface area contributed by atoms with Crippen LogP contribution in [0.1, 0.15) is 12.6 Å². The Kier molecular flexibility index (Phi) is 5.24. The van der Waals surface area contributed by atoms with Crippen LogP contribution in [0.25, 0.3) is 0 Å². The molecule has 5 nitrogen and oxygen atoms in total. The Bertz CT molecular complexity index is 760. The number of carbonyl (C=O) groups excluding carboxylic acids is 1. The van der Waals surface area contributed by atoms with E-state index in [2.05, 4.69) is 25.7 Å². The molecular formula is C15H10BrF2N3O2. The number of hydrogen-bond donors (Lipinski definition) is 0. The summed E-state index contributed by atoms with van der Waals surface area (Å²) in [5.74, 6) is -0.385. The lowest BCUT2D eigenvalue weighted by atomic mass is 10.2. The topological polar surface area (TPSA) is 66.2 Å². The highest BCUT2D eigenvalue weighted by Crippen LogP contribution is 2.31. The number of benzene rings is 1. The molecule has 0 saturated heterocycles. The monoisotopic (exact) mass is 381 g/mol. The molecule has 2 aromatic rings. The molecule has 0 unspecified atom stereocenters. The van der Waals surface area contributed by atoms with Gasteiger partial charge in [0.25, 0.3) is 0 Å². The third-order valence-corrected chi connectivity index (χ3v) is 3.25. The summed E-state index contributed by atoms with van der Waals surface area (Å²) in [4.78, 5) is 17.2. The molecule has 8 heteroatoms. The van der Waals surface area contributed by atoms with Crippen molar-refractivity contribution >= 4 is 33.2 Å². The van der Waals surface area contributed by atoms with Crippen molar-refractivity contribution in [2.24, 2.45) is 0 Å². The summed E-state index contributed by atoms with van der Waals surface area (Å²) in [6.07, 6.45) is 1.44. The molecule has 118 valence electrons. The number of nitrogens with zero attached hydrogens (tertiary/aromatic N) is 3. The Morgan fingerprint density at radius 2 is 2.04 bits per heavy atom. The predicted molar refractivity (Wildman–Crippen MR) is 82.5 cm³/mol. The fourth-order valence-electron chi connectivity index (χ4n) is 1.95. The lowest BCUT2D eigenvalue weighted by Gasteiger charge is -2.22. The zero-order chi connectivity index (χ0) is 17.0. The Labute approximate surface area is 139 Å². The second-order valence-electron chi connectivity index (χ2n) is 4.36. The molecule has 1 amide bonds. The highest BCUT2D eigenvalue weighted by Gasteiger charge is 2.19. The second kappa shape index (κ2) is 7.15. The van der Waals surface area contributed by atoms with Crippen LogP contribution in [0.3, 0.4) is 0 Å². The Morgan fingerprint density at radius 1 is 1.39 bits per heavy atom. The molecule has 1 heterocycles. The summed E-state index contributed by atoms with van der Waals surface area (Å²) in [5, 5.41) is 9.16. The number of halogens is 3. The van der Waals surface area contributed by atoms with Gasteiger partial charge < -0.3 is 4.74 Å². The first-order chi connectivity index (χ1) is 10.9. The van der Waals surface area contributed by atoms with Gasteiger partial charge in [0.05, 0.1) is 5.69 Å². The fraction of sp³-hybridized carbons (Fsp3) is 0.133. The Balaban J connectivity index is 2.46. The van der Waals surface area contributed by atoms with Gasteiger partial charge in [-0.1, -0.05) is 0 Å². The minimum atomic E-state index is -2.93. The number of carbonyl (C=O) groups is 1. The van der Waals surface area contributed by atoms with E-state index in [0.717, 1.165) is 0 Å². The molecule has 0 saturated carbocycles. The quantitative estimate of drug-likeness (QED) is 0.802. The molecule has 2 rings (SSSR count). The number of aromatic nitrogens is 1. The van der Waals surface area contributed by atoms with Crippen molar-refractivity contribution in [3.63, 3.8) is 0 Å². The SMILES string of the molecule is CC(=O)N(c1ccc(OC(F)F)cc1)c1cc(Br)cnc1C#N. The molecule has 1 aromatic heterocycles. The van der Waals surface area contributed by atoms with Gasteiger partial charge in [-0.05, 0) is 46.3 Å². The van der Waals surface area contributed by atoms with Gasteiger partial charge in [0.15, 0.2) is 5.69 Å². The molecule has 0 N–H and O–H groups in total. The van der Waals surface area contributed by atoms with Crippen LogP contribution in [0.2, 0.25) is 0 Å². The third-order valence-electron chi connectivity index (χ3n) is 2.82. The maximum atomic E-state index is 12.2. The van der Waals surface area contributed by atoms with Gasteiger partial charge in [0, 0.05) is 23.3 Å². The predicted octanol–water partition coefficient (Wildman–Crippen LogP) is 4.00. The summed E-state index contributed by atoms with van der Waals surface area (Å²) in [7, 11) is 0. The normalized spacial score (nSPS) is 10.3. The van der Waals surface area contributed by atoms with E-state index in [1.165, 1.54) is 42.3 Å². The van der Waals surface area contributed by atoms with Gasteiger partial charge in [-0.15, -0.1) is 0 Å². The van der Waals surface area contributed by atoms with E-state index in [-0.39, 0.29) is 23.0 Å². The molecule has 1 aromatic carbocycles. The van der Waals surface area contributed by atoms with E-state index in [4.69, 9.17) is 5.26 Å². The average Bonchev–Trinajstić information content (AvgIpc) is 2.48. The number of hydrogen-bond acceptors (Lipinski definition) is 4. The molecule has 0 bridgehead atoms. The zero-order valence-corrected chi connectivity index (χ0v) is 13.4. The van der Waals surface area contributed by atoms with Crippen LogP contribution in [-0.4, -0.2) is 17.5 Å². The van der Waals surface area contributed by atoms with Crippen LogP contribution in [0.15, 0.2) is 41.0 Å². The van der Waals surface area contributed by atoms with Crippen molar-refractivity contribution in [1.82, 2.24) is 4.98 Å². The Morgan fingerprint density at radius 3 is 2.57 bits per heavy atom. The van der Waals surface area contributed by atoms with Crippen LogP contribution >= 0.6 is 15.9 Å². The summed E-state index contributed by atoms with van der Waals surface area (Å²) in [6, 6.07) is 9.02. The van der Waals surface area contributed by atoms with E-state index in [1.54, 1.807) is 6.07 Å². The number of ether oxygens (including phenoxy) is 1. The van der Waals surface area contributed by atoms with E-state index in [1.807, 2.05) is 6.07 Å². The first-order valence-corrected chi connectivity index (χ1v) is 7.13. The number of rotatable bonds is 4. The molecule has 0 atom stereocenters.